The fourth-order valence-corrected chi connectivity index (χ4v) is 4.69. The number of rotatable bonds is 6. The maximum absolute atomic E-state index is 12.8. The Labute approximate surface area is 167 Å². The molecule has 0 aromatic heterocycles. The Balaban J connectivity index is 1.81. The van der Waals surface area contributed by atoms with Crippen molar-refractivity contribution in [1.29, 1.82) is 0 Å². The smallest absolute Gasteiger partial charge is 0.282 e. The van der Waals surface area contributed by atoms with Gasteiger partial charge in [-0.1, -0.05) is 19.8 Å². The zero-order valence-corrected chi connectivity index (χ0v) is 17.2. The molecule has 1 aliphatic carbocycles. The summed E-state index contributed by atoms with van der Waals surface area (Å²) in [5, 5.41) is 14.9. The molecule has 1 N–H and O–H groups in total. The quantitative estimate of drug-likeness (QED) is 0.593. The number of carbonyl (C=O) groups excluding carboxylic acids is 1. The normalized spacial score (nSPS) is 25.1. The van der Waals surface area contributed by atoms with Gasteiger partial charge in [0.2, 0.25) is 0 Å². The molecule has 0 spiro atoms. The van der Waals surface area contributed by atoms with E-state index in [1.54, 1.807) is 17.0 Å². The lowest BCUT2D eigenvalue weighted by molar-refractivity contribution is -0.385. The van der Waals surface area contributed by atoms with Crippen LogP contribution in [-0.2, 0) is 0 Å². The number of hydrogen-bond donors (Lipinski definition) is 1. The molecule has 2 unspecified atom stereocenters. The summed E-state index contributed by atoms with van der Waals surface area (Å²) in [4.78, 5) is 27.8. The molecule has 0 radical (unpaired) electrons. The highest BCUT2D eigenvalue weighted by Gasteiger charge is 2.37. The average molecular weight is 389 g/mol. The van der Waals surface area contributed by atoms with Gasteiger partial charge in [-0.15, -0.1) is 0 Å². The first-order valence-corrected chi connectivity index (χ1v) is 10.3. The summed E-state index contributed by atoms with van der Waals surface area (Å²) in [7, 11) is 4.25. The van der Waals surface area contributed by atoms with E-state index in [9.17, 15) is 14.9 Å². The van der Waals surface area contributed by atoms with Crippen LogP contribution in [0.1, 0.15) is 55.8 Å². The minimum atomic E-state index is -0.461. The maximum atomic E-state index is 12.8. The summed E-state index contributed by atoms with van der Waals surface area (Å²) >= 11 is 0. The molecule has 1 amide bonds. The summed E-state index contributed by atoms with van der Waals surface area (Å²) in [5.41, 5.74) is 0.912. The van der Waals surface area contributed by atoms with Gasteiger partial charge in [0.05, 0.1) is 4.92 Å². The highest BCUT2D eigenvalue weighted by molar-refractivity contribution is 5.99. The second kappa shape index (κ2) is 8.47. The van der Waals surface area contributed by atoms with Crippen molar-refractivity contribution in [2.45, 2.75) is 51.0 Å². The molecule has 2 aliphatic rings. The highest BCUT2D eigenvalue weighted by Crippen LogP contribution is 2.36. The van der Waals surface area contributed by atoms with E-state index in [0.717, 1.165) is 37.9 Å². The number of nitrogens with one attached hydrogen (secondary N) is 1. The summed E-state index contributed by atoms with van der Waals surface area (Å²) in [6.45, 7) is 4.42. The first-order valence-electron chi connectivity index (χ1n) is 10.3. The molecular weight excluding hydrogens is 356 g/mol. The number of likely N-dealkylation sites (tertiary alicyclic amines) is 1. The lowest BCUT2D eigenvalue weighted by Gasteiger charge is -2.45. The number of carbonyl (C=O) groups is 1. The number of benzene rings is 1. The molecule has 2 fully saturated rings. The number of nitro benzene ring substituents is 1. The first kappa shape index (κ1) is 20.6. The molecule has 154 valence electrons. The van der Waals surface area contributed by atoms with Gasteiger partial charge in [0, 0.05) is 36.9 Å². The molecule has 1 heterocycles. The van der Waals surface area contributed by atoms with Crippen LogP contribution in [0.15, 0.2) is 18.2 Å². The van der Waals surface area contributed by atoms with Gasteiger partial charge >= 0.3 is 0 Å². The molecule has 7 heteroatoms. The van der Waals surface area contributed by atoms with Crippen LogP contribution < -0.4 is 5.32 Å². The largest absolute Gasteiger partial charge is 0.383 e. The number of likely N-dealkylation sites (N-methyl/N-ethyl adjacent to an activating group) is 1. The lowest BCUT2D eigenvalue weighted by Crippen LogP contribution is -2.52. The van der Waals surface area contributed by atoms with Crippen molar-refractivity contribution >= 4 is 17.3 Å². The lowest BCUT2D eigenvalue weighted by atomic mass is 9.75. The summed E-state index contributed by atoms with van der Waals surface area (Å²) < 4.78 is 0. The monoisotopic (exact) mass is 388 g/mol. The van der Waals surface area contributed by atoms with E-state index in [0.29, 0.717) is 19.0 Å². The van der Waals surface area contributed by atoms with Crippen LogP contribution in [0.5, 0.6) is 0 Å². The highest BCUT2D eigenvalue weighted by atomic mass is 16.6. The second-order valence-corrected chi connectivity index (χ2v) is 8.66. The third-order valence-corrected chi connectivity index (χ3v) is 6.45. The van der Waals surface area contributed by atoms with Gasteiger partial charge in [-0.2, -0.15) is 0 Å². The molecule has 1 aromatic carbocycles. The Hall–Kier alpha value is -2.15. The van der Waals surface area contributed by atoms with E-state index >= 15 is 0 Å². The van der Waals surface area contributed by atoms with Crippen LogP contribution in [0.25, 0.3) is 0 Å². The molecule has 0 bridgehead atoms. The average Bonchev–Trinajstić information content (AvgIpc) is 3.20. The SMILES string of the molecule is CC1CCCC(CNc2ccc([N+](=O)[O-])c(C(=O)N3CCCC3)c2)(N(C)C)C1. The van der Waals surface area contributed by atoms with Crippen molar-refractivity contribution in [3.8, 4) is 0 Å². The third kappa shape index (κ3) is 4.29. The van der Waals surface area contributed by atoms with Gasteiger partial charge in [0.25, 0.3) is 11.6 Å². The fourth-order valence-electron chi connectivity index (χ4n) is 4.69. The zero-order valence-electron chi connectivity index (χ0n) is 17.2. The Morgan fingerprint density at radius 3 is 2.64 bits per heavy atom. The third-order valence-electron chi connectivity index (χ3n) is 6.45. The van der Waals surface area contributed by atoms with Gasteiger partial charge in [-0.05, 0) is 57.8 Å². The van der Waals surface area contributed by atoms with E-state index in [-0.39, 0.29) is 22.7 Å². The van der Waals surface area contributed by atoms with Gasteiger partial charge in [0.1, 0.15) is 5.56 Å². The predicted molar refractivity (Wildman–Crippen MR) is 111 cm³/mol. The van der Waals surface area contributed by atoms with Crippen LogP contribution in [0, 0.1) is 16.0 Å². The summed E-state index contributed by atoms with van der Waals surface area (Å²) in [6, 6.07) is 4.83. The number of nitrogens with zero attached hydrogens (tertiary/aromatic N) is 3. The van der Waals surface area contributed by atoms with Crippen molar-refractivity contribution < 1.29 is 9.72 Å². The number of hydrogen-bond acceptors (Lipinski definition) is 5. The number of nitro groups is 1. The molecule has 1 aliphatic heterocycles. The van der Waals surface area contributed by atoms with Crippen LogP contribution in [0.4, 0.5) is 11.4 Å². The Morgan fingerprint density at radius 1 is 1.32 bits per heavy atom. The van der Waals surface area contributed by atoms with Gasteiger partial charge < -0.3 is 15.1 Å². The second-order valence-electron chi connectivity index (χ2n) is 8.66. The standard InChI is InChI=1S/C21H32N4O3/c1-16-7-6-10-21(14-16,23(2)3)15-22-17-8-9-19(25(27)28)18(13-17)20(26)24-11-4-5-12-24/h8-9,13,16,22H,4-7,10-12,14-15H2,1-3H3. The summed E-state index contributed by atoms with van der Waals surface area (Å²) in [6.07, 6.45) is 6.65. The molecular formula is C21H32N4O3. The van der Waals surface area contributed by atoms with Crippen molar-refractivity contribution in [3.05, 3.63) is 33.9 Å². The van der Waals surface area contributed by atoms with Gasteiger partial charge in [0.15, 0.2) is 0 Å². The van der Waals surface area contributed by atoms with E-state index in [2.05, 4.69) is 31.2 Å². The van der Waals surface area contributed by atoms with Crippen molar-refractivity contribution in [1.82, 2.24) is 9.80 Å². The number of amides is 1. The minimum absolute atomic E-state index is 0.0680. The molecule has 2 atom stereocenters. The Bertz CT molecular complexity index is 730. The van der Waals surface area contributed by atoms with Crippen molar-refractivity contribution in [3.63, 3.8) is 0 Å². The van der Waals surface area contributed by atoms with E-state index in [1.165, 1.54) is 18.9 Å². The Morgan fingerprint density at radius 2 is 2.04 bits per heavy atom. The minimum Gasteiger partial charge on any atom is -0.383 e. The Kier molecular flexibility index (Phi) is 6.23. The number of anilines is 1. The van der Waals surface area contributed by atoms with Gasteiger partial charge in [-0.25, -0.2) is 0 Å². The predicted octanol–water partition coefficient (Wildman–Crippen LogP) is 3.75. The van der Waals surface area contributed by atoms with Crippen molar-refractivity contribution in [2.24, 2.45) is 5.92 Å². The van der Waals surface area contributed by atoms with Crippen LogP contribution in [-0.4, -0.2) is 59.9 Å². The molecule has 1 saturated carbocycles. The van der Waals surface area contributed by atoms with Gasteiger partial charge in [-0.3, -0.25) is 14.9 Å². The topological polar surface area (TPSA) is 78.7 Å². The van der Waals surface area contributed by atoms with Crippen LogP contribution >= 0.6 is 0 Å². The van der Waals surface area contributed by atoms with E-state index < -0.39 is 4.92 Å². The van der Waals surface area contributed by atoms with E-state index in [4.69, 9.17) is 0 Å². The fraction of sp³-hybridized carbons (Fsp3) is 0.667. The molecule has 7 nitrogen and oxygen atoms in total. The first-order chi connectivity index (χ1) is 13.3. The molecule has 1 saturated heterocycles. The maximum Gasteiger partial charge on any atom is 0.282 e. The van der Waals surface area contributed by atoms with Crippen LogP contribution in [0.2, 0.25) is 0 Å². The zero-order chi connectivity index (χ0) is 20.3. The molecule has 3 rings (SSSR count). The van der Waals surface area contributed by atoms with Crippen LogP contribution in [0.3, 0.4) is 0 Å². The molecule has 1 aromatic rings. The summed E-state index contributed by atoms with van der Waals surface area (Å²) in [5.74, 6) is 0.448. The van der Waals surface area contributed by atoms with Crippen molar-refractivity contribution in [2.75, 3.05) is 39.0 Å². The van der Waals surface area contributed by atoms with E-state index in [1.807, 2.05) is 0 Å². The molecule has 28 heavy (non-hydrogen) atoms.